The van der Waals surface area contributed by atoms with Crippen molar-refractivity contribution < 1.29 is 0 Å². The minimum Gasteiger partial charge on any atom is -0.388 e. The van der Waals surface area contributed by atoms with Crippen molar-refractivity contribution in [3.05, 3.63) is 179 Å². The summed E-state index contributed by atoms with van der Waals surface area (Å²) in [4.78, 5) is 21.2. The van der Waals surface area contributed by atoms with E-state index < -0.39 is 0 Å². The van der Waals surface area contributed by atoms with Gasteiger partial charge in [-0.25, -0.2) is 24.9 Å². The molecule has 0 saturated heterocycles. The van der Waals surface area contributed by atoms with Crippen LogP contribution in [0.3, 0.4) is 0 Å². The summed E-state index contributed by atoms with van der Waals surface area (Å²) >= 11 is 0. The number of nitrogens with one attached hydrogen (secondary N) is 2. The third kappa shape index (κ3) is 4.71. The van der Waals surface area contributed by atoms with Crippen LogP contribution in [0.2, 0.25) is 0 Å². The van der Waals surface area contributed by atoms with Gasteiger partial charge in [0.25, 0.3) is 0 Å². The highest BCUT2D eigenvalue weighted by molar-refractivity contribution is 6.24. The standard InChI is InChI=1S/C47H34N8/c1-48-39-23-28(45-35-15-5-3-11-31(35)32-12-4-6-16-36(32)45)19-21-37(39)41-25-30-26-42(53-47-51-27-50-46(52-41)55(30)47)38-22-20-29(24-40(38)49-2)54-43-17-9-7-13-33(43)34-14-8-10-18-44(34)54/h3-27,45,48-49H,1-2H3. The van der Waals surface area contributed by atoms with Crippen LogP contribution in [-0.4, -0.2) is 47.5 Å². The second-order valence-corrected chi connectivity index (χ2v) is 14.0. The van der Waals surface area contributed by atoms with Crippen LogP contribution in [0, 0.1) is 0 Å². The number of allylic oxidation sites excluding steroid dienone is 2. The Morgan fingerprint density at radius 2 is 1.20 bits per heavy atom. The number of aliphatic imine (C=N–C) groups is 4. The molecule has 55 heavy (non-hydrogen) atoms. The van der Waals surface area contributed by atoms with E-state index in [4.69, 9.17) is 9.98 Å². The molecule has 8 nitrogen and oxygen atoms in total. The molecular weight excluding hydrogens is 677 g/mol. The zero-order chi connectivity index (χ0) is 36.6. The van der Waals surface area contributed by atoms with Crippen LogP contribution in [0.15, 0.2) is 171 Å². The first kappa shape index (κ1) is 31.2. The highest BCUT2D eigenvalue weighted by atomic mass is 15.4. The zero-order valence-corrected chi connectivity index (χ0v) is 30.2. The number of nitrogens with zero attached hydrogens (tertiary/aromatic N) is 6. The van der Waals surface area contributed by atoms with Crippen molar-refractivity contribution in [3.8, 4) is 16.8 Å². The molecule has 11 rings (SSSR count). The zero-order valence-electron chi connectivity index (χ0n) is 30.2. The monoisotopic (exact) mass is 710 g/mol. The smallest absolute Gasteiger partial charge is 0.239 e. The predicted molar refractivity (Wildman–Crippen MR) is 227 cm³/mol. The van der Waals surface area contributed by atoms with Crippen LogP contribution in [-0.2, 0) is 0 Å². The van der Waals surface area contributed by atoms with Crippen molar-refractivity contribution in [1.29, 1.82) is 0 Å². The quantitative estimate of drug-likeness (QED) is 0.180. The van der Waals surface area contributed by atoms with Gasteiger partial charge in [0, 0.05) is 59.0 Å². The van der Waals surface area contributed by atoms with Crippen LogP contribution in [0.25, 0.3) is 44.3 Å². The number of benzene rings is 6. The topological polar surface area (TPSA) is 81.7 Å². The van der Waals surface area contributed by atoms with E-state index in [2.05, 4.69) is 171 Å². The van der Waals surface area contributed by atoms with E-state index in [-0.39, 0.29) is 5.92 Å². The van der Waals surface area contributed by atoms with E-state index in [0.29, 0.717) is 11.9 Å². The van der Waals surface area contributed by atoms with Crippen LogP contribution < -0.4 is 10.6 Å². The number of hydrogen-bond acceptors (Lipinski definition) is 7. The molecule has 0 radical (unpaired) electrons. The minimum absolute atomic E-state index is 0.153. The summed E-state index contributed by atoms with van der Waals surface area (Å²) in [7, 11) is 3.93. The number of guanidine groups is 2. The molecule has 0 saturated carbocycles. The number of anilines is 2. The number of aromatic nitrogens is 1. The van der Waals surface area contributed by atoms with Crippen LogP contribution in [0.5, 0.6) is 0 Å². The first-order valence-corrected chi connectivity index (χ1v) is 18.5. The number of fused-ring (bicyclic) bond motifs is 6. The van der Waals surface area contributed by atoms with Gasteiger partial charge in [-0.3, -0.25) is 0 Å². The maximum Gasteiger partial charge on any atom is 0.239 e. The second kappa shape index (κ2) is 12.1. The van der Waals surface area contributed by atoms with Crippen molar-refractivity contribution in [1.82, 2.24) is 9.47 Å². The first-order chi connectivity index (χ1) is 27.2. The van der Waals surface area contributed by atoms with Gasteiger partial charge in [0.1, 0.15) is 6.34 Å². The summed E-state index contributed by atoms with van der Waals surface area (Å²) < 4.78 is 2.33. The summed E-state index contributed by atoms with van der Waals surface area (Å²) in [5.41, 5.74) is 16.4. The van der Waals surface area contributed by atoms with E-state index in [9.17, 15) is 0 Å². The molecule has 0 fully saturated rings. The van der Waals surface area contributed by atoms with Gasteiger partial charge >= 0.3 is 0 Å². The number of hydrogen-bond donors (Lipinski definition) is 2. The van der Waals surface area contributed by atoms with E-state index in [1.54, 1.807) is 6.34 Å². The van der Waals surface area contributed by atoms with Crippen LogP contribution in [0.1, 0.15) is 33.7 Å². The molecule has 6 aromatic carbocycles. The predicted octanol–water partition coefficient (Wildman–Crippen LogP) is 9.82. The SMILES string of the molecule is CNc1cc(C2c3ccccc3-c3ccccc32)ccc1C1=CC2=CC(c3ccc(-n4c5ccccc5c5ccccc54)cc3NC)=NC3=NC=NC(=N1)N23. The molecule has 0 bridgehead atoms. The highest BCUT2D eigenvalue weighted by Gasteiger charge is 2.33. The van der Waals surface area contributed by atoms with Crippen molar-refractivity contribution in [2.75, 3.05) is 24.7 Å². The third-order valence-corrected chi connectivity index (χ3v) is 11.2. The Morgan fingerprint density at radius 3 is 1.91 bits per heavy atom. The Balaban J connectivity index is 0.991. The molecule has 262 valence electrons. The van der Waals surface area contributed by atoms with Crippen molar-refractivity contribution in [2.24, 2.45) is 20.0 Å². The summed E-state index contributed by atoms with van der Waals surface area (Å²) in [6, 6.07) is 47.8. The average molecular weight is 711 g/mol. The van der Waals surface area contributed by atoms with Gasteiger partial charge in [0.2, 0.25) is 11.9 Å². The van der Waals surface area contributed by atoms with Gasteiger partial charge in [0.15, 0.2) is 0 Å². The molecule has 7 aromatic rings. The van der Waals surface area contributed by atoms with Crippen LogP contribution >= 0.6 is 0 Å². The molecule has 3 aliphatic heterocycles. The van der Waals surface area contributed by atoms with E-state index >= 15 is 0 Å². The Hall–Kier alpha value is -7.32. The van der Waals surface area contributed by atoms with Gasteiger partial charge < -0.3 is 15.2 Å². The molecule has 0 spiro atoms. The summed E-state index contributed by atoms with van der Waals surface area (Å²) in [5.74, 6) is 1.23. The summed E-state index contributed by atoms with van der Waals surface area (Å²) in [6.45, 7) is 0. The average Bonchev–Trinajstić information content (AvgIpc) is 3.76. The fourth-order valence-corrected chi connectivity index (χ4v) is 8.72. The lowest BCUT2D eigenvalue weighted by atomic mass is 9.88. The Morgan fingerprint density at radius 1 is 0.564 bits per heavy atom. The van der Waals surface area contributed by atoms with Gasteiger partial charge in [-0.1, -0.05) is 97.1 Å². The van der Waals surface area contributed by atoms with Crippen molar-refractivity contribution >= 4 is 62.8 Å². The molecule has 4 heterocycles. The van der Waals surface area contributed by atoms with Gasteiger partial charge in [0.05, 0.1) is 28.1 Å². The van der Waals surface area contributed by atoms with Gasteiger partial charge in [-0.2, -0.15) is 0 Å². The molecule has 1 aliphatic carbocycles. The second-order valence-electron chi connectivity index (χ2n) is 14.0. The highest BCUT2D eigenvalue weighted by Crippen LogP contribution is 2.48. The molecule has 2 N–H and O–H groups in total. The summed E-state index contributed by atoms with van der Waals surface area (Å²) in [5, 5.41) is 9.40. The van der Waals surface area contributed by atoms with Crippen LogP contribution in [0.4, 0.5) is 11.4 Å². The molecule has 0 atom stereocenters. The fraction of sp³-hybridized carbons (Fsp3) is 0.0638. The van der Waals surface area contributed by atoms with Crippen molar-refractivity contribution in [3.63, 3.8) is 0 Å². The normalized spacial score (nSPS) is 15.5. The first-order valence-electron chi connectivity index (χ1n) is 18.5. The van der Waals surface area contributed by atoms with E-state index in [1.165, 1.54) is 49.6 Å². The lowest BCUT2D eigenvalue weighted by molar-refractivity contribution is 0.738. The summed E-state index contributed by atoms with van der Waals surface area (Å²) in [6.07, 6.45) is 5.75. The number of para-hydroxylation sites is 2. The lowest BCUT2D eigenvalue weighted by Gasteiger charge is -2.32. The van der Waals surface area contributed by atoms with Crippen molar-refractivity contribution in [2.45, 2.75) is 5.92 Å². The fourth-order valence-electron chi connectivity index (χ4n) is 8.72. The minimum atomic E-state index is 0.153. The van der Waals surface area contributed by atoms with Gasteiger partial charge in [-0.15, -0.1) is 0 Å². The maximum absolute atomic E-state index is 5.05. The molecule has 0 unspecified atom stereocenters. The van der Waals surface area contributed by atoms with E-state index in [0.717, 1.165) is 45.3 Å². The Bertz CT molecular complexity index is 2870. The molecule has 8 heteroatoms. The number of rotatable bonds is 6. The van der Waals surface area contributed by atoms with Gasteiger partial charge in [-0.05, 0) is 76.4 Å². The molecule has 1 aromatic heterocycles. The lowest BCUT2D eigenvalue weighted by Crippen LogP contribution is -2.40. The van der Waals surface area contributed by atoms with E-state index in [1.807, 2.05) is 19.0 Å². The Labute approximate surface area is 317 Å². The molecule has 4 aliphatic rings. The Kier molecular flexibility index (Phi) is 6.88. The molecule has 0 amide bonds. The largest absolute Gasteiger partial charge is 0.388 e. The maximum atomic E-state index is 5.05. The molecular formula is C47H34N8. The third-order valence-electron chi connectivity index (χ3n) is 11.2.